The van der Waals surface area contributed by atoms with Crippen molar-refractivity contribution in [2.45, 2.75) is 6.18 Å². The third-order valence-corrected chi connectivity index (χ3v) is 3.45. The third kappa shape index (κ3) is 3.82. The molecule has 1 amide bonds. The number of anilines is 1. The van der Waals surface area contributed by atoms with Gasteiger partial charge in [-0.3, -0.25) is 14.9 Å². The van der Waals surface area contributed by atoms with Crippen LogP contribution >= 0.6 is 15.9 Å². The van der Waals surface area contributed by atoms with Crippen LogP contribution in [0.1, 0.15) is 15.9 Å². The van der Waals surface area contributed by atoms with Gasteiger partial charge < -0.3 is 10.4 Å². The second-order valence-electron chi connectivity index (χ2n) is 4.60. The Balaban J connectivity index is 2.38. The van der Waals surface area contributed by atoms with Crippen LogP contribution in [0.25, 0.3) is 0 Å². The fourth-order valence-corrected chi connectivity index (χ4v) is 2.25. The van der Waals surface area contributed by atoms with E-state index in [1.54, 1.807) is 0 Å². The number of nitrogens with zero attached hydrogens (tertiary/aromatic N) is 1. The predicted octanol–water partition coefficient (Wildman–Crippen LogP) is 4.33. The van der Waals surface area contributed by atoms with Gasteiger partial charge in [0.2, 0.25) is 0 Å². The highest BCUT2D eigenvalue weighted by molar-refractivity contribution is 9.10. The maximum Gasteiger partial charge on any atom is 0.423 e. The molecule has 2 aromatic rings. The first kappa shape index (κ1) is 17.7. The number of nitro benzene ring substituents is 1. The first-order valence-electron chi connectivity index (χ1n) is 6.25. The zero-order valence-electron chi connectivity index (χ0n) is 11.6. The largest absolute Gasteiger partial charge is 0.507 e. The summed E-state index contributed by atoms with van der Waals surface area (Å²) in [5.41, 5.74) is -3.07. The number of phenolic OH excluding ortho intramolecular Hbond substituents is 1. The van der Waals surface area contributed by atoms with E-state index in [2.05, 4.69) is 21.2 Å². The van der Waals surface area contributed by atoms with Crippen LogP contribution in [0.5, 0.6) is 5.75 Å². The van der Waals surface area contributed by atoms with E-state index in [4.69, 9.17) is 0 Å². The van der Waals surface area contributed by atoms with Gasteiger partial charge in [-0.25, -0.2) is 0 Å². The Bertz CT molecular complexity index is 824. The molecule has 0 bridgehead atoms. The molecule has 2 N–H and O–H groups in total. The molecule has 0 unspecified atom stereocenters. The first-order chi connectivity index (χ1) is 11.1. The Hall–Kier alpha value is -2.62. The molecule has 0 saturated heterocycles. The number of aromatic hydroxyl groups is 1. The van der Waals surface area contributed by atoms with Gasteiger partial charge in [-0.15, -0.1) is 0 Å². The normalized spacial score (nSPS) is 11.2. The molecule has 0 aliphatic heterocycles. The van der Waals surface area contributed by atoms with Crippen molar-refractivity contribution in [1.29, 1.82) is 0 Å². The zero-order valence-corrected chi connectivity index (χ0v) is 13.2. The molecule has 0 heterocycles. The molecular formula is C14H8BrF3N2O4. The van der Waals surface area contributed by atoms with Crippen molar-refractivity contribution in [3.63, 3.8) is 0 Å². The molecule has 6 nitrogen and oxygen atoms in total. The van der Waals surface area contributed by atoms with Crippen molar-refractivity contribution < 1.29 is 28.0 Å². The Morgan fingerprint density at radius 1 is 1.21 bits per heavy atom. The van der Waals surface area contributed by atoms with Crippen LogP contribution in [0, 0.1) is 10.1 Å². The van der Waals surface area contributed by atoms with E-state index >= 15 is 0 Å². The summed E-state index contributed by atoms with van der Waals surface area (Å²) in [4.78, 5) is 21.6. The highest BCUT2D eigenvalue weighted by Crippen LogP contribution is 2.37. The Morgan fingerprint density at radius 2 is 1.88 bits per heavy atom. The standard InChI is InChI=1S/C14H8BrF3N2O4/c15-7-1-4-12(21)9(5-7)13(22)19-8-2-3-11(20(23)24)10(6-8)14(16,17)18/h1-6,21H,(H,19,22). The molecular weight excluding hydrogens is 397 g/mol. The average Bonchev–Trinajstić information content (AvgIpc) is 2.48. The summed E-state index contributed by atoms with van der Waals surface area (Å²) in [7, 11) is 0. The van der Waals surface area contributed by atoms with Gasteiger partial charge in [-0.2, -0.15) is 13.2 Å². The molecule has 126 valence electrons. The molecule has 2 aromatic carbocycles. The summed E-state index contributed by atoms with van der Waals surface area (Å²) in [6.07, 6.45) is -4.96. The predicted molar refractivity (Wildman–Crippen MR) is 81.9 cm³/mol. The highest BCUT2D eigenvalue weighted by atomic mass is 79.9. The number of phenols is 1. The molecule has 0 atom stereocenters. The lowest BCUT2D eigenvalue weighted by Gasteiger charge is -2.11. The molecule has 0 spiro atoms. The SMILES string of the molecule is O=C(Nc1ccc([N+](=O)[O-])c(C(F)(F)F)c1)c1cc(Br)ccc1O. The zero-order chi connectivity index (χ0) is 18.1. The number of hydrogen-bond acceptors (Lipinski definition) is 4. The maximum absolute atomic E-state index is 12.9. The van der Waals surface area contributed by atoms with Gasteiger partial charge in [-0.1, -0.05) is 15.9 Å². The molecule has 0 saturated carbocycles. The second kappa shape index (κ2) is 6.48. The van der Waals surface area contributed by atoms with Crippen molar-refractivity contribution in [2.24, 2.45) is 0 Å². The molecule has 0 aromatic heterocycles. The van der Waals surface area contributed by atoms with E-state index in [1.807, 2.05) is 0 Å². The molecule has 0 radical (unpaired) electrons. The minimum absolute atomic E-state index is 0.170. The second-order valence-corrected chi connectivity index (χ2v) is 5.52. The molecule has 24 heavy (non-hydrogen) atoms. The van der Waals surface area contributed by atoms with Crippen molar-refractivity contribution >= 4 is 33.2 Å². The van der Waals surface area contributed by atoms with Crippen LogP contribution in [0.2, 0.25) is 0 Å². The number of nitrogens with one attached hydrogen (secondary N) is 1. The Labute approximate surface area is 141 Å². The Kier molecular flexibility index (Phi) is 4.78. The van der Waals surface area contributed by atoms with E-state index in [-0.39, 0.29) is 17.0 Å². The molecule has 0 aliphatic rings. The summed E-state index contributed by atoms with van der Waals surface area (Å²) < 4.78 is 39.2. The maximum atomic E-state index is 12.9. The van der Waals surface area contributed by atoms with Gasteiger partial charge in [0.1, 0.15) is 11.3 Å². The van der Waals surface area contributed by atoms with Gasteiger partial charge in [-0.05, 0) is 30.3 Å². The van der Waals surface area contributed by atoms with Crippen molar-refractivity contribution in [3.05, 3.63) is 62.1 Å². The van der Waals surface area contributed by atoms with Crippen LogP contribution in [-0.2, 0) is 6.18 Å². The number of nitro groups is 1. The summed E-state index contributed by atoms with van der Waals surface area (Å²) in [5.74, 6) is -1.23. The summed E-state index contributed by atoms with van der Waals surface area (Å²) in [6, 6.07) is 6.07. The van der Waals surface area contributed by atoms with Gasteiger partial charge in [0.25, 0.3) is 11.6 Å². The molecule has 0 aliphatic carbocycles. The monoisotopic (exact) mass is 404 g/mol. The molecule has 10 heteroatoms. The van der Waals surface area contributed by atoms with E-state index in [1.165, 1.54) is 18.2 Å². The quantitative estimate of drug-likeness (QED) is 0.587. The minimum Gasteiger partial charge on any atom is -0.507 e. The van der Waals surface area contributed by atoms with Crippen LogP contribution in [0.3, 0.4) is 0 Å². The average molecular weight is 405 g/mol. The fourth-order valence-electron chi connectivity index (χ4n) is 1.89. The van der Waals surface area contributed by atoms with Crippen LogP contribution in [0.4, 0.5) is 24.5 Å². The number of alkyl halides is 3. The van der Waals surface area contributed by atoms with E-state index in [0.717, 1.165) is 6.07 Å². The number of halogens is 4. The van der Waals surface area contributed by atoms with Gasteiger partial charge in [0, 0.05) is 16.2 Å². The lowest BCUT2D eigenvalue weighted by Crippen LogP contribution is -2.14. The lowest BCUT2D eigenvalue weighted by molar-refractivity contribution is -0.388. The van der Waals surface area contributed by atoms with Crippen molar-refractivity contribution in [2.75, 3.05) is 5.32 Å². The van der Waals surface area contributed by atoms with Gasteiger partial charge in [0.15, 0.2) is 0 Å². The highest BCUT2D eigenvalue weighted by Gasteiger charge is 2.38. The molecule has 0 fully saturated rings. The van der Waals surface area contributed by atoms with Crippen LogP contribution < -0.4 is 5.32 Å². The summed E-state index contributed by atoms with van der Waals surface area (Å²) in [5, 5.41) is 22.5. The lowest BCUT2D eigenvalue weighted by atomic mass is 10.1. The van der Waals surface area contributed by atoms with Gasteiger partial charge in [0.05, 0.1) is 10.5 Å². The number of carbonyl (C=O) groups is 1. The number of rotatable bonds is 3. The summed E-state index contributed by atoms with van der Waals surface area (Å²) >= 11 is 3.10. The first-order valence-corrected chi connectivity index (χ1v) is 7.04. The number of benzene rings is 2. The summed E-state index contributed by atoms with van der Waals surface area (Å²) in [6.45, 7) is 0. The van der Waals surface area contributed by atoms with Crippen molar-refractivity contribution in [1.82, 2.24) is 0 Å². The van der Waals surface area contributed by atoms with E-state index in [0.29, 0.717) is 16.6 Å². The van der Waals surface area contributed by atoms with Gasteiger partial charge >= 0.3 is 6.18 Å². The number of hydrogen-bond donors (Lipinski definition) is 2. The molecule has 2 rings (SSSR count). The number of amides is 1. The number of carbonyl (C=O) groups excluding carboxylic acids is 1. The van der Waals surface area contributed by atoms with Crippen molar-refractivity contribution in [3.8, 4) is 5.75 Å². The van der Waals surface area contributed by atoms with E-state index < -0.39 is 28.3 Å². The minimum atomic E-state index is -4.96. The van der Waals surface area contributed by atoms with Crippen LogP contribution in [0.15, 0.2) is 40.9 Å². The third-order valence-electron chi connectivity index (χ3n) is 2.96. The van der Waals surface area contributed by atoms with E-state index in [9.17, 15) is 33.2 Å². The van der Waals surface area contributed by atoms with Crippen LogP contribution in [-0.4, -0.2) is 15.9 Å². The fraction of sp³-hybridized carbons (Fsp3) is 0.0714. The Morgan fingerprint density at radius 3 is 2.46 bits per heavy atom. The smallest absolute Gasteiger partial charge is 0.423 e. The topological polar surface area (TPSA) is 92.5 Å².